The van der Waals surface area contributed by atoms with Crippen LogP contribution in [0.1, 0.15) is 0 Å². The molecule has 0 fully saturated rings. The van der Waals surface area contributed by atoms with Gasteiger partial charge in [-0.25, -0.2) is 9.97 Å². The van der Waals surface area contributed by atoms with Crippen LogP contribution in [-0.2, 0) is 4.57 Å². The van der Waals surface area contributed by atoms with Gasteiger partial charge >= 0.3 is 0 Å². The molecule has 0 radical (unpaired) electrons. The van der Waals surface area contributed by atoms with Crippen molar-refractivity contribution in [3.8, 4) is 22.4 Å². The van der Waals surface area contributed by atoms with Crippen molar-refractivity contribution in [1.29, 1.82) is 0 Å². The number of aromatic nitrogens is 2. The van der Waals surface area contributed by atoms with Gasteiger partial charge in [0.25, 0.3) is 0 Å². The number of para-hydroxylation sites is 1. The van der Waals surface area contributed by atoms with Crippen molar-refractivity contribution in [2.24, 2.45) is 0 Å². The van der Waals surface area contributed by atoms with Crippen molar-refractivity contribution in [3.63, 3.8) is 0 Å². The summed E-state index contributed by atoms with van der Waals surface area (Å²) in [6.45, 7) is 0. The lowest BCUT2D eigenvalue weighted by atomic mass is 9.99. The van der Waals surface area contributed by atoms with Crippen LogP contribution in [0.3, 0.4) is 0 Å². The molecule has 0 spiro atoms. The van der Waals surface area contributed by atoms with Gasteiger partial charge in [-0.15, -0.1) is 0 Å². The Balaban J connectivity index is 1.27. The molecule has 0 aliphatic heterocycles. The first-order valence-corrected chi connectivity index (χ1v) is 16.4. The maximum Gasteiger partial charge on any atom is 0.171 e. The van der Waals surface area contributed by atoms with E-state index in [0.717, 1.165) is 71.0 Å². The summed E-state index contributed by atoms with van der Waals surface area (Å²) in [5, 5.41) is 5.62. The molecule has 0 atom stereocenters. The van der Waals surface area contributed by atoms with Crippen LogP contribution >= 0.6 is 7.14 Å². The molecular weight excluding hydrogens is 555 g/mol. The zero-order valence-electron chi connectivity index (χ0n) is 23.8. The van der Waals surface area contributed by atoms with Gasteiger partial charge in [0.05, 0.1) is 22.2 Å². The molecule has 0 N–H and O–H groups in total. The first-order valence-electron chi connectivity index (χ1n) is 14.7. The topological polar surface area (TPSA) is 42.9 Å². The zero-order chi connectivity index (χ0) is 29.5. The maximum atomic E-state index is 14.8. The van der Waals surface area contributed by atoms with Gasteiger partial charge in [0, 0.05) is 37.6 Å². The first-order chi connectivity index (χ1) is 21.7. The summed E-state index contributed by atoms with van der Waals surface area (Å²) >= 11 is 0. The van der Waals surface area contributed by atoms with Crippen LogP contribution < -0.4 is 15.9 Å². The molecule has 0 aliphatic rings. The van der Waals surface area contributed by atoms with Crippen molar-refractivity contribution in [3.05, 3.63) is 164 Å². The molecule has 0 saturated heterocycles. The quantitative estimate of drug-likeness (QED) is 0.116. The van der Waals surface area contributed by atoms with Crippen molar-refractivity contribution >= 4 is 55.8 Å². The number of hydrogen-bond acceptors (Lipinski definition) is 3. The fourth-order valence-electron chi connectivity index (χ4n) is 6.09. The summed E-state index contributed by atoms with van der Waals surface area (Å²) in [5.41, 5.74) is 6.87. The summed E-state index contributed by atoms with van der Waals surface area (Å²) < 4.78 is 14.8. The van der Waals surface area contributed by atoms with Crippen LogP contribution in [0.15, 0.2) is 164 Å². The number of hydrogen-bond donors (Lipinski definition) is 0. The van der Waals surface area contributed by atoms with Crippen LogP contribution in [0.25, 0.3) is 55.1 Å². The third-order valence-corrected chi connectivity index (χ3v) is 11.4. The Morgan fingerprint density at radius 3 is 1.66 bits per heavy atom. The number of nitrogens with zero attached hydrogens (tertiary/aromatic N) is 2. The molecule has 2 heterocycles. The standard InChI is InChI=1S/C40H27N2OP/c43-44(32-15-6-2-7-16-32,33-17-8-3-9-18-33)34-23-20-28(21-24-34)30-22-25-35-38(27-30)42-39(29-12-4-1-5-13-29)36-26-31-14-10-11-19-37(31)41-40(35)36/h1-27H. The van der Waals surface area contributed by atoms with Gasteiger partial charge in [0.1, 0.15) is 0 Å². The predicted octanol–water partition coefficient (Wildman–Crippen LogP) is 8.91. The van der Waals surface area contributed by atoms with E-state index in [9.17, 15) is 4.57 Å². The Morgan fingerprint density at radius 1 is 0.409 bits per heavy atom. The van der Waals surface area contributed by atoms with E-state index >= 15 is 0 Å². The molecule has 2 aromatic heterocycles. The Morgan fingerprint density at radius 2 is 0.977 bits per heavy atom. The Kier molecular flexibility index (Phi) is 6.40. The normalized spacial score (nSPS) is 11.7. The Hall–Kier alpha value is -5.37. The number of rotatable bonds is 5. The minimum Gasteiger partial charge on any atom is -0.309 e. The maximum absolute atomic E-state index is 14.8. The second-order valence-corrected chi connectivity index (χ2v) is 13.7. The molecule has 0 saturated carbocycles. The highest BCUT2D eigenvalue weighted by Gasteiger charge is 2.29. The lowest BCUT2D eigenvalue weighted by molar-refractivity contribution is 0.592. The molecule has 8 aromatic rings. The van der Waals surface area contributed by atoms with Gasteiger partial charge in [-0.2, -0.15) is 0 Å². The van der Waals surface area contributed by atoms with Gasteiger partial charge in [-0.3, -0.25) is 0 Å². The van der Waals surface area contributed by atoms with Crippen LogP contribution in [0, 0.1) is 0 Å². The van der Waals surface area contributed by atoms with E-state index in [1.165, 1.54) is 0 Å². The van der Waals surface area contributed by atoms with E-state index in [0.29, 0.717) is 0 Å². The number of benzene rings is 6. The van der Waals surface area contributed by atoms with Gasteiger partial charge in [-0.1, -0.05) is 140 Å². The number of pyridine rings is 2. The molecule has 3 nitrogen and oxygen atoms in total. The summed E-state index contributed by atoms with van der Waals surface area (Å²) in [4.78, 5) is 10.3. The van der Waals surface area contributed by atoms with Crippen LogP contribution in [-0.4, -0.2) is 9.97 Å². The molecule has 4 heteroatoms. The Bertz CT molecular complexity index is 2290. The fraction of sp³-hybridized carbons (Fsp3) is 0. The SMILES string of the molecule is O=P(c1ccccc1)(c1ccccc1)c1ccc(-c2ccc3c(c2)nc(-c2ccccc2)c2cc4ccccc4nc23)cc1. The van der Waals surface area contributed by atoms with Crippen molar-refractivity contribution in [2.45, 2.75) is 0 Å². The molecule has 0 amide bonds. The summed E-state index contributed by atoms with van der Waals surface area (Å²) in [5.74, 6) is 0. The smallest absolute Gasteiger partial charge is 0.171 e. The Labute approximate surface area is 255 Å². The van der Waals surface area contributed by atoms with Crippen molar-refractivity contribution < 1.29 is 4.57 Å². The van der Waals surface area contributed by atoms with Gasteiger partial charge in [0.2, 0.25) is 0 Å². The monoisotopic (exact) mass is 582 g/mol. The van der Waals surface area contributed by atoms with Crippen LogP contribution in [0.5, 0.6) is 0 Å². The summed E-state index contributed by atoms with van der Waals surface area (Å²) in [6.07, 6.45) is 0. The molecule has 0 bridgehead atoms. The van der Waals surface area contributed by atoms with Gasteiger partial charge < -0.3 is 4.57 Å². The molecule has 6 aromatic carbocycles. The van der Waals surface area contributed by atoms with Gasteiger partial charge in [0.15, 0.2) is 7.14 Å². The molecule has 44 heavy (non-hydrogen) atoms. The molecular formula is C40H27N2OP. The first kappa shape index (κ1) is 26.3. The molecule has 208 valence electrons. The van der Waals surface area contributed by atoms with E-state index in [-0.39, 0.29) is 0 Å². The van der Waals surface area contributed by atoms with Crippen LogP contribution in [0.2, 0.25) is 0 Å². The third kappa shape index (κ3) is 4.41. The number of fused-ring (bicyclic) bond motifs is 4. The van der Waals surface area contributed by atoms with Crippen molar-refractivity contribution in [1.82, 2.24) is 9.97 Å². The zero-order valence-corrected chi connectivity index (χ0v) is 24.7. The van der Waals surface area contributed by atoms with E-state index in [2.05, 4.69) is 60.7 Å². The third-order valence-electron chi connectivity index (χ3n) is 8.32. The van der Waals surface area contributed by atoms with Crippen LogP contribution in [0.4, 0.5) is 0 Å². The van der Waals surface area contributed by atoms with Gasteiger partial charge in [-0.05, 0) is 35.4 Å². The lowest BCUT2D eigenvalue weighted by Crippen LogP contribution is -2.24. The minimum atomic E-state index is -3.04. The fourth-order valence-corrected chi connectivity index (χ4v) is 8.74. The van der Waals surface area contributed by atoms with E-state index in [1.54, 1.807) is 0 Å². The summed E-state index contributed by atoms with van der Waals surface area (Å²) in [6, 6.07) is 54.9. The van der Waals surface area contributed by atoms with E-state index in [4.69, 9.17) is 9.97 Å². The van der Waals surface area contributed by atoms with Crippen molar-refractivity contribution in [2.75, 3.05) is 0 Å². The van der Waals surface area contributed by atoms with E-state index < -0.39 is 7.14 Å². The lowest BCUT2D eigenvalue weighted by Gasteiger charge is -2.20. The minimum absolute atomic E-state index is 0.811. The molecule has 8 rings (SSSR count). The second kappa shape index (κ2) is 10.7. The highest BCUT2D eigenvalue weighted by atomic mass is 31.2. The summed E-state index contributed by atoms with van der Waals surface area (Å²) in [7, 11) is -3.04. The average molecular weight is 583 g/mol. The largest absolute Gasteiger partial charge is 0.309 e. The second-order valence-electron chi connectivity index (χ2n) is 11.0. The average Bonchev–Trinajstić information content (AvgIpc) is 3.11. The highest BCUT2D eigenvalue weighted by Crippen LogP contribution is 2.43. The molecule has 0 aliphatic carbocycles. The molecule has 0 unspecified atom stereocenters. The van der Waals surface area contributed by atoms with E-state index in [1.807, 2.05) is 103 Å². The predicted molar refractivity (Wildman–Crippen MR) is 185 cm³/mol. The highest BCUT2D eigenvalue weighted by molar-refractivity contribution is 7.85.